The highest BCUT2D eigenvalue weighted by Crippen LogP contribution is 2.33. The van der Waals surface area contributed by atoms with E-state index < -0.39 is 23.3 Å². The smallest absolute Gasteiger partial charge is 0.408 e. The zero-order chi connectivity index (χ0) is 13.1. The van der Waals surface area contributed by atoms with Crippen molar-refractivity contribution in [2.45, 2.75) is 63.7 Å². The van der Waals surface area contributed by atoms with E-state index in [1.54, 1.807) is 0 Å². The molecule has 4 heteroatoms. The summed E-state index contributed by atoms with van der Waals surface area (Å²) in [5.74, 6) is 0. The predicted molar refractivity (Wildman–Crippen MR) is 66.8 cm³/mol. The second-order valence-corrected chi connectivity index (χ2v) is 5.67. The lowest BCUT2D eigenvalue weighted by Gasteiger charge is -2.34. The summed E-state index contributed by atoms with van der Waals surface area (Å²) >= 11 is 0. The van der Waals surface area contributed by atoms with E-state index in [1.807, 2.05) is 20.8 Å². The van der Waals surface area contributed by atoms with Gasteiger partial charge in [0.05, 0.1) is 11.6 Å². The van der Waals surface area contributed by atoms with Crippen molar-refractivity contribution in [2.75, 3.05) is 0 Å². The SMILES string of the molecule is C=CC(O)C1(NC(=O)OC(C)(C)C)CCCC1. The van der Waals surface area contributed by atoms with Crippen LogP contribution in [0.3, 0.4) is 0 Å². The molecule has 1 aliphatic rings. The van der Waals surface area contributed by atoms with Crippen LogP contribution in [0.25, 0.3) is 0 Å². The Morgan fingerprint density at radius 2 is 2.00 bits per heavy atom. The largest absolute Gasteiger partial charge is 0.444 e. The van der Waals surface area contributed by atoms with Crippen LogP contribution in [-0.4, -0.2) is 28.4 Å². The Balaban J connectivity index is 2.68. The number of nitrogens with one attached hydrogen (secondary N) is 1. The van der Waals surface area contributed by atoms with Crippen molar-refractivity contribution >= 4 is 6.09 Å². The molecule has 0 saturated heterocycles. The molecule has 1 rings (SSSR count). The van der Waals surface area contributed by atoms with E-state index in [4.69, 9.17) is 4.74 Å². The van der Waals surface area contributed by atoms with Gasteiger partial charge in [-0.25, -0.2) is 4.79 Å². The van der Waals surface area contributed by atoms with Crippen LogP contribution in [0.5, 0.6) is 0 Å². The van der Waals surface area contributed by atoms with Gasteiger partial charge in [0, 0.05) is 0 Å². The molecule has 4 nitrogen and oxygen atoms in total. The normalized spacial score (nSPS) is 20.7. The second-order valence-electron chi connectivity index (χ2n) is 5.67. The van der Waals surface area contributed by atoms with Gasteiger partial charge in [-0.3, -0.25) is 0 Å². The summed E-state index contributed by atoms with van der Waals surface area (Å²) in [7, 11) is 0. The summed E-state index contributed by atoms with van der Waals surface area (Å²) in [5, 5.41) is 12.8. The van der Waals surface area contributed by atoms with Gasteiger partial charge in [-0.05, 0) is 33.6 Å². The maximum Gasteiger partial charge on any atom is 0.408 e. The first-order valence-electron chi connectivity index (χ1n) is 6.11. The number of rotatable bonds is 3. The third-order valence-electron chi connectivity index (χ3n) is 3.04. The van der Waals surface area contributed by atoms with Crippen molar-refractivity contribution in [1.82, 2.24) is 5.32 Å². The van der Waals surface area contributed by atoms with E-state index in [1.165, 1.54) is 6.08 Å². The molecule has 1 atom stereocenters. The number of alkyl carbamates (subject to hydrolysis) is 1. The molecule has 1 amide bonds. The van der Waals surface area contributed by atoms with Gasteiger partial charge in [-0.15, -0.1) is 6.58 Å². The van der Waals surface area contributed by atoms with Gasteiger partial charge in [0.2, 0.25) is 0 Å². The Morgan fingerprint density at radius 1 is 1.47 bits per heavy atom. The van der Waals surface area contributed by atoms with Gasteiger partial charge >= 0.3 is 6.09 Å². The lowest BCUT2D eigenvalue weighted by Crippen LogP contribution is -2.55. The van der Waals surface area contributed by atoms with E-state index in [9.17, 15) is 9.90 Å². The fourth-order valence-corrected chi connectivity index (χ4v) is 2.23. The Hall–Kier alpha value is -1.03. The van der Waals surface area contributed by atoms with Crippen LogP contribution in [0.15, 0.2) is 12.7 Å². The lowest BCUT2D eigenvalue weighted by molar-refractivity contribution is 0.0322. The molecule has 0 bridgehead atoms. The van der Waals surface area contributed by atoms with Crippen LogP contribution in [0.2, 0.25) is 0 Å². The molecule has 2 N–H and O–H groups in total. The van der Waals surface area contributed by atoms with Crippen LogP contribution < -0.4 is 5.32 Å². The topological polar surface area (TPSA) is 58.6 Å². The number of hydrogen-bond donors (Lipinski definition) is 2. The van der Waals surface area contributed by atoms with Gasteiger partial charge < -0.3 is 15.2 Å². The Morgan fingerprint density at radius 3 is 2.41 bits per heavy atom. The van der Waals surface area contributed by atoms with Crippen molar-refractivity contribution in [2.24, 2.45) is 0 Å². The van der Waals surface area contributed by atoms with Crippen molar-refractivity contribution in [1.29, 1.82) is 0 Å². The van der Waals surface area contributed by atoms with Crippen LogP contribution >= 0.6 is 0 Å². The molecule has 1 aliphatic carbocycles. The van der Waals surface area contributed by atoms with Gasteiger partial charge in [0.1, 0.15) is 5.60 Å². The van der Waals surface area contributed by atoms with E-state index in [0.29, 0.717) is 0 Å². The number of carbonyl (C=O) groups excluding carboxylic acids is 1. The first-order valence-corrected chi connectivity index (χ1v) is 6.11. The summed E-state index contributed by atoms with van der Waals surface area (Å²) in [5.41, 5.74) is -1.12. The summed E-state index contributed by atoms with van der Waals surface area (Å²) < 4.78 is 5.22. The Kier molecular flexibility index (Phi) is 4.20. The molecule has 0 radical (unpaired) electrons. The standard InChI is InChI=1S/C13H23NO3/c1-5-10(15)13(8-6-7-9-13)14-11(16)17-12(2,3)4/h5,10,15H,1,6-9H2,2-4H3,(H,14,16). The van der Waals surface area contributed by atoms with Crippen LogP contribution in [-0.2, 0) is 4.74 Å². The lowest BCUT2D eigenvalue weighted by atomic mass is 9.90. The summed E-state index contributed by atoms with van der Waals surface area (Å²) in [6.45, 7) is 9.04. The molecule has 1 saturated carbocycles. The van der Waals surface area contributed by atoms with Crippen molar-refractivity contribution in [3.05, 3.63) is 12.7 Å². The molecule has 0 aromatic heterocycles. The molecule has 0 heterocycles. The predicted octanol–water partition coefficient (Wildman–Crippen LogP) is 2.37. The van der Waals surface area contributed by atoms with E-state index in [-0.39, 0.29) is 0 Å². The first kappa shape index (κ1) is 14.0. The maximum absolute atomic E-state index is 11.8. The Bertz CT molecular complexity index is 288. The van der Waals surface area contributed by atoms with Gasteiger partial charge in [-0.1, -0.05) is 18.9 Å². The average Bonchev–Trinajstić information content (AvgIpc) is 2.63. The first-order chi connectivity index (χ1) is 7.79. The molecule has 1 fully saturated rings. The van der Waals surface area contributed by atoms with E-state index in [2.05, 4.69) is 11.9 Å². The molecule has 0 aromatic rings. The molecular formula is C13H23NO3. The fraction of sp³-hybridized carbons (Fsp3) is 0.769. The molecule has 1 unspecified atom stereocenters. The van der Waals surface area contributed by atoms with E-state index >= 15 is 0 Å². The third kappa shape index (κ3) is 3.73. The van der Waals surface area contributed by atoms with Crippen LogP contribution in [0, 0.1) is 0 Å². The minimum atomic E-state index is -0.725. The maximum atomic E-state index is 11.8. The highest BCUT2D eigenvalue weighted by molar-refractivity contribution is 5.69. The van der Waals surface area contributed by atoms with Crippen LogP contribution in [0.4, 0.5) is 4.79 Å². The fourth-order valence-electron chi connectivity index (χ4n) is 2.23. The number of aliphatic hydroxyl groups excluding tert-OH is 1. The van der Waals surface area contributed by atoms with Gasteiger partial charge in [0.25, 0.3) is 0 Å². The third-order valence-corrected chi connectivity index (χ3v) is 3.04. The minimum absolute atomic E-state index is 0.472. The summed E-state index contributed by atoms with van der Waals surface area (Å²) in [6, 6.07) is 0. The highest BCUT2D eigenvalue weighted by Gasteiger charge is 2.41. The molecule has 98 valence electrons. The molecule has 0 spiro atoms. The monoisotopic (exact) mass is 241 g/mol. The quantitative estimate of drug-likeness (QED) is 0.746. The number of aliphatic hydroxyl groups is 1. The summed E-state index contributed by atoms with van der Waals surface area (Å²) in [6.07, 6.45) is 3.81. The molecule has 0 aromatic carbocycles. The van der Waals surface area contributed by atoms with Crippen LogP contribution in [0.1, 0.15) is 46.5 Å². The van der Waals surface area contributed by atoms with Crippen molar-refractivity contribution < 1.29 is 14.6 Å². The number of hydrogen-bond acceptors (Lipinski definition) is 3. The molecule has 17 heavy (non-hydrogen) atoms. The molecule has 0 aliphatic heterocycles. The minimum Gasteiger partial charge on any atom is -0.444 e. The van der Waals surface area contributed by atoms with Crippen molar-refractivity contribution in [3.63, 3.8) is 0 Å². The summed E-state index contributed by atoms with van der Waals surface area (Å²) in [4.78, 5) is 11.8. The average molecular weight is 241 g/mol. The number of carbonyl (C=O) groups is 1. The van der Waals surface area contributed by atoms with Crippen molar-refractivity contribution in [3.8, 4) is 0 Å². The zero-order valence-electron chi connectivity index (χ0n) is 11.0. The van der Waals surface area contributed by atoms with E-state index in [0.717, 1.165) is 25.7 Å². The number of ether oxygens (including phenoxy) is 1. The number of amides is 1. The Labute approximate surface area is 103 Å². The van der Waals surface area contributed by atoms with Gasteiger partial charge in [0.15, 0.2) is 0 Å². The zero-order valence-corrected chi connectivity index (χ0v) is 11.0. The second kappa shape index (κ2) is 5.08. The van der Waals surface area contributed by atoms with Gasteiger partial charge in [-0.2, -0.15) is 0 Å². The highest BCUT2D eigenvalue weighted by atomic mass is 16.6. The molecular weight excluding hydrogens is 218 g/mol.